The van der Waals surface area contributed by atoms with Gasteiger partial charge in [0.25, 0.3) is 0 Å². The Bertz CT molecular complexity index is 812. The van der Waals surface area contributed by atoms with Gasteiger partial charge in [-0.3, -0.25) is 4.79 Å². The SMILES string of the molecule is CC(C)(C)OC(=O)N1CCCC2(COCC(=O)N2)C1CO[C@H]1CC[C@@H](c2ccccc2)CC1. The molecule has 4 rings (SSSR count). The van der Waals surface area contributed by atoms with E-state index in [0.29, 0.717) is 25.7 Å². The van der Waals surface area contributed by atoms with Crippen LogP contribution in [0.4, 0.5) is 4.79 Å². The van der Waals surface area contributed by atoms with E-state index in [9.17, 15) is 9.59 Å². The standard InChI is InChI=1S/C26H38N2O5/c1-25(2,3)33-24(30)28-15-7-14-26(18-31-17-23(29)27-26)22(28)16-32-21-12-10-20(11-13-21)19-8-5-4-6-9-19/h4-6,8-9,20-22H,7,10-18H2,1-3H3,(H,27,29)/t20-,21+,22?,26?. The minimum absolute atomic E-state index is 0.0608. The third-order valence-electron chi connectivity index (χ3n) is 7.08. The average molecular weight is 459 g/mol. The molecule has 3 aliphatic rings. The van der Waals surface area contributed by atoms with Crippen molar-refractivity contribution in [2.24, 2.45) is 0 Å². The van der Waals surface area contributed by atoms with E-state index < -0.39 is 11.1 Å². The second kappa shape index (κ2) is 10.0. The lowest BCUT2D eigenvalue weighted by molar-refractivity contribution is -0.144. The van der Waals surface area contributed by atoms with Gasteiger partial charge in [0, 0.05) is 6.54 Å². The van der Waals surface area contributed by atoms with E-state index in [1.807, 2.05) is 20.8 Å². The van der Waals surface area contributed by atoms with E-state index in [2.05, 4.69) is 35.6 Å². The first-order chi connectivity index (χ1) is 15.8. The number of rotatable bonds is 4. The van der Waals surface area contributed by atoms with Crippen molar-refractivity contribution in [3.05, 3.63) is 35.9 Å². The smallest absolute Gasteiger partial charge is 0.410 e. The van der Waals surface area contributed by atoms with Gasteiger partial charge in [-0.2, -0.15) is 0 Å². The number of hydrogen-bond donors (Lipinski definition) is 1. The molecule has 2 unspecified atom stereocenters. The van der Waals surface area contributed by atoms with Crippen molar-refractivity contribution in [2.45, 2.75) is 88.5 Å². The van der Waals surface area contributed by atoms with Crippen molar-refractivity contribution < 1.29 is 23.8 Å². The monoisotopic (exact) mass is 458 g/mol. The van der Waals surface area contributed by atoms with Crippen LogP contribution in [0.3, 0.4) is 0 Å². The van der Waals surface area contributed by atoms with E-state index in [1.54, 1.807) is 4.90 Å². The number of nitrogens with one attached hydrogen (secondary N) is 1. The number of piperidine rings is 1. The number of carbonyl (C=O) groups excluding carboxylic acids is 2. The Hall–Kier alpha value is -2.12. The Kier molecular flexibility index (Phi) is 7.29. The van der Waals surface area contributed by atoms with E-state index in [-0.39, 0.29) is 30.8 Å². The van der Waals surface area contributed by atoms with Crippen LogP contribution in [-0.4, -0.2) is 66.6 Å². The first kappa shape index (κ1) is 24.0. The topological polar surface area (TPSA) is 77.1 Å². The summed E-state index contributed by atoms with van der Waals surface area (Å²) in [5.41, 5.74) is 0.182. The highest BCUT2D eigenvalue weighted by atomic mass is 16.6. The zero-order valence-corrected chi connectivity index (χ0v) is 20.2. The second-order valence-corrected chi connectivity index (χ2v) is 10.7. The van der Waals surface area contributed by atoms with Gasteiger partial charge >= 0.3 is 6.09 Å². The summed E-state index contributed by atoms with van der Waals surface area (Å²) < 4.78 is 17.8. The summed E-state index contributed by atoms with van der Waals surface area (Å²) in [6.45, 7) is 7.00. The molecule has 1 aromatic rings. The number of ether oxygens (including phenoxy) is 3. The van der Waals surface area contributed by atoms with Gasteiger partial charge in [-0.05, 0) is 70.8 Å². The summed E-state index contributed by atoms with van der Waals surface area (Å²) in [6, 6.07) is 10.4. The molecule has 1 aromatic carbocycles. The van der Waals surface area contributed by atoms with Crippen LogP contribution >= 0.6 is 0 Å². The Morgan fingerprint density at radius 1 is 1.18 bits per heavy atom. The number of likely N-dealkylation sites (tertiary alicyclic amines) is 1. The van der Waals surface area contributed by atoms with E-state index in [4.69, 9.17) is 14.2 Å². The number of amides is 2. The molecule has 1 aliphatic carbocycles. The van der Waals surface area contributed by atoms with Crippen molar-refractivity contribution in [3.8, 4) is 0 Å². The Morgan fingerprint density at radius 2 is 1.91 bits per heavy atom. The van der Waals surface area contributed by atoms with Crippen LogP contribution in [0.25, 0.3) is 0 Å². The minimum Gasteiger partial charge on any atom is -0.444 e. The molecule has 7 heteroatoms. The summed E-state index contributed by atoms with van der Waals surface area (Å²) in [7, 11) is 0. The molecule has 1 saturated carbocycles. The molecule has 33 heavy (non-hydrogen) atoms. The van der Waals surface area contributed by atoms with Crippen LogP contribution < -0.4 is 5.32 Å². The molecule has 2 aliphatic heterocycles. The van der Waals surface area contributed by atoms with Crippen LogP contribution in [-0.2, 0) is 19.0 Å². The van der Waals surface area contributed by atoms with Crippen LogP contribution in [0.2, 0.25) is 0 Å². The summed E-state index contributed by atoms with van der Waals surface area (Å²) in [5.74, 6) is 0.442. The molecule has 1 spiro atoms. The molecule has 7 nitrogen and oxygen atoms in total. The first-order valence-electron chi connectivity index (χ1n) is 12.3. The lowest BCUT2D eigenvalue weighted by atomic mass is 9.80. The van der Waals surface area contributed by atoms with Crippen LogP contribution in [0, 0.1) is 0 Å². The predicted octanol–water partition coefficient (Wildman–Crippen LogP) is 4.01. The normalized spacial score (nSPS) is 30.7. The fourth-order valence-electron chi connectivity index (χ4n) is 5.48. The molecule has 182 valence electrons. The maximum atomic E-state index is 13.1. The molecule has 2 atom stereocenters. The maximum absolute atomic E-state index is 13.1. The van der Waals surface area contributed by atoms with Crippen molar-refractivity contribution in [1.82, 2.24) is 10.2 Å². The van der Waals surface area contributed by atoms with Crippen molar-refractivity contribution in [1.29, 1.82) is 0 Å². The third kappa shape index (κ3) is 5.87. The molecule has 0 aromatic heterocycles. The molecular formula is C26H38N2O5. The van der Waals surface area contributed by atoms with Crippen molar-refractivity contribution >= 4 is 12.0 Å². The van der Waals surface area contributed by atoms with Gasteiger partial charge in [-0.25, -0.2) is 4.79 Å². The molecule has 0 radical (unpaired) electrons. The fourth-order valence-corrected chi connectivity index (χ4v) is 5.48. The quantitative estimate of drug-likeness (QED) is 0.738. The molecule has 3 fully saturated rings. The van der Waals surface area contributed by atoms with E-state index >= 15 is 0 Å². The van der Waals surface area contributed by atoms with Crippen molar-refractivity contribution in [3.63, 3.8) is 0 Å². The number of morpholine rings is 1. The lowest BCUT2D eigenvalue weighted by Crippen LogP contribution is -2.72. The third-order valence-corrected chi connectivity index (χ3v) is 7.08. The fraction of sp³-hybridized carbons (Fsp3) is 0.692. The van der Waals surface area contributed by atoms with E-state index in [1.165, 1.54) is 5.56 Å². The molecule has 2 amide bonds. The van der Waals surface area contributed by atoms with Crippen LogP contribution in [0.5, 0.6) is 0 Å². The summed E-state index contributed by atoms with van der Waals surface area (Å²) >= 11 is 0. The van der Waals surface area contributed by atoms with Gasteiger partial charge < -0.3 is 24.4 Å². The van der Waals surface area contributed by atoms with Crippen LogP contribution in [0.1, 0.15) is 70.8 Å². The highest BCUT2D eigenvalue weighted by molar-refractivity contribution is 5.79. The van der Waals surface area contributed by atoms with Gasteiger partial charge in [0.05, 0.1) is 30.9 Å². The number of nitrogens with zero attached hydrogens (tertiary/aromatic N) is 1. The van der Waals surface area contributed by atoms with Gasteiger partial charge in [0.15, 0.2) is 0 Å². The lowest BCUT2D eigenvalue weighted by Gasteiger charge is -2.51. The Labute approximate surface area is 197 Å². The molecule has 2 heterocycles. The summed E-state index contributed by atoms with van der Waals surface area (Å²) in [5, 5.41) is 3.15. The number of hydrogen-bond acceptors (Lipinski definition) is 5. The highest BCUT2D eigenvalue weighted by Crippen LogP contribution is 2.36. The predicted molar refractivity (Wildman–Crippen MR) is 125 cm³/mol. The molecule has 1 N–H and O–H groups in total. The number of carbonyl (C=O) groups is 2. The van der Waals surface area contributed by atoms with Crippen LogP contribution in [0.15, 0.2) is 30.3 Å². The molecule has 0 bridgehead atoms. The Balaban J connectivity index is 1.43. The van der Waals surface area contributed by atoms with Gasteiger partial charge in [0.2, 0.25) is 5.91 Å². The van der Waals surface area contributed by atoms with Gasteiger partial charge in [0.1, 0.15) is 12.2 Å². The zero-order valence-electron chi connectivity index (χ0n) is 20.2. The second-order valence-electron chi connectivity index (χ2n) is 10.7. The average Bonchev–Trinajstić information content (AvgIpc) is 2.78. The van der Waals surface area contributed by atoms with E-state index in [0.717, 1.165) is 38.5 Å². The molecule has 2 saturated heterocycles. The zero-order chi connectivity index (χ0) is 23.5. The van der Waals surface area contributed by atoms with Gasteiger partial charge in [-0.15, -0.1) is 0 Å². The summed E-state index contributed by atoms with van der Waals surface area (Å²) in [4.78, 5) is 27.1. The van der Waals surface area contributed by atoms with Gasteiger partial charge in [-0.1, -0.05) is 30.3 Å². The maximum Gasteiger partial charge on any atom is 0.410 e. The highest BCUT2D eigenvalue weighted by Gasteiger charge is 2.50. The van der Waals surface area contributed by atoms with Crippen molar-refractivity contribution in [2.75, 3.05) is 26.4 Å². The molecular weight excluding hydrogens is 420 g/mol. The first-order valence-corrected chi connectivity index (χ1v) is 12.3. The summed E-state index contributed by atoms with van der Waals surface area (Å²) in [6.07, 6.45) is 5.52. The Morgan fingerprint density at radius 3 is 2.58 bits per heavy atom. The minimum atomic E-state index is -0.633. The largest absolute Gasteiger partial charge is 0.444 e. The number of benzene rings is 1.